The molecule has 0 saturated heterocycles. The van der Waals surface area contributed by atoms with Crippen LogP contribution in [0.5, 0.6) is 0 Å². The van der Waals surface area contributed by atoms with Crippen LogP contribution in [0.4, 0.5) is 0 Å². The number of fused-ring (bicyclic) bond motifs is 1. The summed E-state index contributed by atoms with van der Waals surface area (Å²) in [4.78, 5) is 0. The summed E-state index contributed by atoms with van der Waals surface area (Å²) >= 11 is 9.36. The van der Waals surface area contributed by atoms with Crippen molar-refractivity contribution >= 4 is 65.2 Å². The van der Waals surface area contributed by atoms with Crippen molar-refractivity contribution in [3.8, 4) is 0 Å². The van der Waals surface area contributed by atoms with Crippen molar-refractivity contribution in [2.75, 3.05) is 0 Å². The van der Waals surface area contributed by atoms with E-state index in [2.05, 4.69) is 60.5 Å². The molecule has 1 atom stereocenters. The minimum atomic E-state index is -0.660. The average Bonchev–Trinajstić information content (AvgIpc) is 2.50. The van der Waals surface area contributed by atoms with Crippen LogP contribution >= 0.6 is 54.5 Å². The van der Waals surface area contributed by atoms with Gasteiger partial charge in [-0.1, -0.05) is 62.2 Å². The van der Waals surface area contributed by atoms with Gasteiger partial charge >= 0.3 is 0 Å². The Hall–Kier alpha value is -0.430. The summed E-state index contributed by atoms with van der Waals surface area (Å²) in [5, 5.41) is 13.0. The zero-order valence-corrected chi connectivity index (χ0v) is 16.2. The van der Waals surface area contributed by atoms with Crippen molar-refractivity contribution < 1.29 is 5.11 Å². The van der Waals surface area contributed by atoms with Crippen molar-refractivity contribution in [1.82, 2.24) is 0 Å². The highest BCUT2D eigenvalue weighted by atomic mass is 127. The third-order valence-corrected chi connectivity index (χ3v) is 5.54. The van der Waals surface area contributed by atoms with E-state index in [4.69, 9.17) is 0 Å². The molecule has 1 N–H and O–H groups in total. The van der Waals surface area contributed by atoms with Gasteiger partial charge in [0, 0.05) is 18.1 Å². The quantitative estimate of drug-likeness (QED) is 0.410. The molecule has 4 heteroatoms. The highest BCUT2D eigenvalue weighted by Gasteiger charge is 2.17. The Labute approximate surface area is 153 Å². The van der Waals surface area contributed by atoms with Crippen LogP contribution in [0.3, 0.4) is 0 Å². The zero-order chi connectivity index (χ0) is 15.0. The summed E-state index contributed by atoms with van der Waals surface area (Å²) < 4.78 is 3.06. The van der Waals surface area contributed by atoms with E-state index < -0.39 is 6.10 Å². The van der Waals surface area contributed by atoms with Crippen molar-refractivity contribution in [2.45, 2.75) is 6.10 Å². The minimum absolute atomic E-state index is 0.660. The lowest BCUT2D eigenvalue weighted by atomic mass is 9.96. The molecule has 0 radical (unpaired) electrons. The summed E-state index contributed by atoms with van der Waals surface area (Å²) in [5.41, 5.74) is 1.80. The lowest BCUT2D eigenvalue weighted by Gasteiger charge is -2.17. The van der Waals surface area contributed by atoms with Gasteiger partial charge in [0.1, 0.15) is 6.10 Å². The first-order valence-corrected chi connectivity index (χ1v) is 9.04. The van der Waals surface area contributed by atoms with Crippen molar-refractivity contribution in [1.29, 1.82) is 0 Å². The Bertz CT molecular complexity index is 817. The van der Waals surface area contributed by atoms with Crippen LogP contribution in [0, 0.1) is 3.57 Å². The van der Waals surface area contributed by atoms with Gasteiger partial charge in [-0.3, -0.25) is 0 Å². The molecule has 0 bridgehead atoms. The predicted molar refractivity (Wildman–Crippen MR) is 103 cm³/mol. The number of aliphatic hydroxyl groups excluding tert-OH is 1. The highest BCUT2D eigenvalue weighted by molar-refractivity contribution is 14.1. The van der Waals surface area contributed by atoms with E-state index in [0.717, 1.165) is 34.4 Å². The van der Waals surface area contributed by atoms with E-state index in [1.165, 1.54) is 0 Å². The number of halogens is 3. The Morgan fingerprint density at radius 3 is 2.24 bits per heavy atom. The van der Waals surface area contributed by atoms with Crippen LogP contribution in [0.2, 0.25) is 0 Å². The van der Waals surface area contributed by atoms with Crippen LogP contribution in [0.1, 0.15) is 17.2 Å². The van der Waals surface area contributed by atoms with Gasteiger partial charge in [-0.15, -0.1) is 0 Å². The number of aliphatic hydroxyl groups is 1. The van der Waals surface area contributed by atoms with Gasteiger partial charge < -0.3 is 5.11 Å². The second-order valence-corrected chi connectivity index (χ2v) is 7.70. The van der Waals surface area contributed by atoms with Gasteiger partial charge in [0.15, 0.2) is 0 Å². The third kappa shape index (κ3) is 3.04. The Kier molecular flexibility index (Phi) is 4.69. The summed E-state index contributed by atoms with van der Waals surface area (Å²) in [6.07, 6.45) is -0.660. The molecule has 0 fully saturated rings. The molecule has 0 saturated carbocycles. The summed E-state index contributed by atoms with van der Waals surface area (Å²) in [5.74, 6) is 0. The molecule has 1 nitrogen and oxygen atoms in total. The molecule has 0 aliphatic heterocycles. The van der Waals surface area contributed by atoms with Crippen molar-refractivity contribution in [2.24, 2.45) is 0 Å². The van der Waals surface area contributed by atoms with E-state index in [0.29, 0.717) is 0 Å². The van der Waals surface area contributed by atoms with Gasteiger partial charge in [0.05, 0.1) is 0 Å². The number of benzene rings is 3. The summed E-state index contributed by atoms with van der Waals surface area (Å²) in [6.45, 7) is 0. The van der Waals surface area contributed by atoms with Crippen LogP contribution in [0.25, 0.3) is 10.8 Å². The van der Waals surface area contributed by atoms with Crippen molar-refractivity contribution in [3.63, 3.8) is 0 Å². The van der Waals surface area contributed by atoms with E-state index in [1.807, 2.05) is 48.5 Å². The maximum absolute atomic E-state index is 10.8. The number of rotatable bonds is 2. The van der Waals surface area contributed by atoms with Gasteiger partial charge in [0.2, 0.25) is 0 Å². The molecular weight excluding hydrogens is 507 g/mol. The van der Waals surface area contributed by atoms with Gasteiger partial charge in [-0.2, -0.15) is 0 Å². The summed E-state index contributed by atoms with van der Waals surface area (Å²) in [6, 6.07) is 18.1. The molecule has 106 valence electrons. The van der Waals surface area contributed by atoms with Crippen LogP contribution in [-0.2, 0) is 0 Å². The fourth-order valence-electron chi connectivity index (χ4n) is 2.42. The predicted octanol–water partition coefficient (Wildman–Crippen LogP) is 6.05. The van der Waals surface area contributed by atoms with Gasteiger partial charge in [-0.25, -0.2) is 0 Å². The normalized spacial score (nSPS) is 12.6. The Balaban J connectivity index is 2.20. The highest BCUT2D eigenvalue weighted by Crippen LogP contribution is 2.35. The van der Waals surface area contributed by atoms with E-state index in [9.17, 15) is 5.11 Å². The number of hydrogen-bond donors (Lipinski definition) is 1. The second-order valence-electron chi connectivity index (χ2n) is 4.75. The van der Waals surface area contributed by atoms with Crippen LogP contribution in [-0.4, -0.2) is 5.11 Å². The fourth-order valence-corrected chi connectivity index (χ4v) is 3.87. The van der Waals surface area contributed by atoms with Gasteiger partial charge in [0.25, 0.3) is 0 Å². The average molecular weight is 518 g/mol. The fraction of sp³-hybridized carbons (Fsp3) is 0.0588. The molecule has 0 aliphatic rings. The van der Waals surface area contributed by atoms with E-state index in [1.54, 1.807) is 0 Å². The molecule has 21 heavy (non-hydrogen) atoms. The molecule has 3 aromatic carbocycles. The lowest BCUT2D eigenvalue weighted by Crippen LogP contribution is -2.02. The van der Waals surface area contributed by atoms with Gasteiger partial charge in [-0.05, 0) is 63.2 Å². The van der Waals surface area contributed by atoms with Crippen molar-refractivity contribution in [3.05, 3.63) is 78.2 Å². The lowest BCUT2D eigenvalue weighted by molar-refractivity contribution is 0.221. The third-order valence-electron chi connectivity index (χ3n) is 3.45. The minimum Gasteiger partial charge on any atom is -0.384 e. The maximum atomic E-state index is 10.8. The molecule has 0 aromatic heterocycles. The first kappa shape index (κ1) is 15.5. The summed E-state index contributed by atoms with van der Waals surface area (Å²) in [7, 11) is 0. The molecule has 0 amide bonds. The molecule has 1 unspecified atom stereocenters. The molecule has 3 rings (SSSR count). The monoisotopic (exact) mass is 516 g/mol. The van der Waals surface area contributed by atoms with Crippen LogP contribution < -0.4 is 0 Å². The smallest absolute Gasteiger partial charge is 0.106 e. The molecule has 0 heterocycles. The van der Waals surface area contributed by atoms with E-state index >= 15 is 0 Å². The molecule has 0 aliphatic carbocycles. The van der Waals surface area contributed by atoms with E-state index in [-0.39, 0.29) is 0 Å². The molecule has 3 aromatic rings. The van der Waals surface area contributed by atoms with Crippen LogP contribution in [0.15, 0.2) is 63.5 Å². The SMILES string of the molecule is OC(c1cc(I)ccc1Br)c1ccc(Br)c2ccccc12. The zero-order valence-electron chi connectivity index (χ0n) is 10.9. The maximum Gasteiger partial charge on any atom is 0.106 e. The number of hydrogen-bond acceptors (Lipinski definition) is 1. The molecule has 0 spiro atoms. The molecular formula is C17H11Br2IO. The first-order valence-electron chi connectivity index (χ1n) is 6.38. The second kappa shape index (κ2) is 6.36. The first-order chi connectivity index (χ1) is 10.1. The largest absolute Gasteiger partial charge is 0.384 e. The topological polar surface area (TPSA) is 20.2 Å². The standard InChI is InChI=1S/C17H11Br2IO/c18-15-8-6-13(11-3-1-2-4-12(11)15)17(21)14-9-10(20)5-7-16(14)19/h1-9,17,21H. The Morgan fingerprint density at radius 2 is 1.48 bits per heavy atom. The Morgan fingerprint density at radius 1 is 0.810 bits per heavy atom.